The highest BCUT2D eigenvalue weighted by Gasteiger charge is 2.29. The van der Waals surface area contributed by atoms with Gasteiger partial charge in [0.15, 0.2) is 0 Å². The number of anilines is 1. The van der Waals surface area contributed by atoms with Gasteiger partial charge in [-0.05, 0) is 49.4 Å². The molecule has 1 fully saturated rings. The summed E-state index contributed by atoms with van der Waals surface area (Å²) in [6.07, 6.45) is 2.28. The number of sulfonamides is 1. The zero-order valence-electron chi connectivity index (χ0n) is 10.2. The van der Waals surface area contributed by atoms with Crippen molar-refractivity contribution in [2.75, 3.05) is 19.3 Å². The number of aryl methyl sites for hydroxylation is 1. The van der Waals surface area contributed by atoms with Gasteiger partial charge in [-0.2, -0.15) is 0 Å². The van der Waals surface area contributed by atoms with Gasteiger partial charge in [0.05, 0.1) is 4.90 Å². The molecule has 0 heterocycles. The van der Waals surface area contributed by atoms with Crippen molar-refractivity contribution in [3.8, 4) is 0 Å². The van der Waals surface area contributed by atoms with E-state index in [2.05, 4.69) is 0 Å². The average Bonchev–Trinajstić information content (AvgIpc) is 3.05. The van der Waals surface area contributed by atoms with Gasteiger partial charge >= 0.3 is 0 Å². The summed E-state index contributed by atoms with van der Waals surface area (Å²) in [5, 5.41) is 0. The van der Waals surface area contributed by atoms with Crippen LogP contribution >= 0.6 is 0 Å². The SMILES string of the molecule is Cc1cc(S(=O)(=O)N(C)CC2CC2)ccc1N. The average molecular weight is 254 g/mol. The first-order chi connectivity index (χ1) is 7.91. The minimum absolute atomic E-state index is 0.326. The van der Waals surface area contributed by atoms with Gasteiger partial charge in [0.2, 0.25) is 10.0 Å². The van der Waals surface area contributed by atoms with Gasteiger partial charge in [-0.15, -0.1) is 0 Å². The molecule has 0 unspecified atom stereocenters. The number of rotatable bonds is 4. The van der Waals surface area contributed by atoms with Crippen LogP contribution in [-0.4, -0.2) is 26.3 Å². The summed E-state index contributed by atoms with van der Waals surface area (Å²) >= 11 is 0. The quantitative estimate of drug-likeness (QED) is 0.830. The predicted molar refractivity (Wildman–Crippen MR) is 68.1 cm³/mol. The first kappa shape index (κ1) is 12.4. The first-order valence-corrected chi connectivity index (χ1v) is 7.17. The van der Waals surface area contributed by atoms with Crippen LogP contribution in [-0.2, 0) is 10.0 Å². The molecule has 1 aliphatic rings. The van der Waals surface area contributed by atoms with Crippen molar-refractivity contribution in [2.24, 2.45) is 5.92 Å². The maximum absolute atomic E-state index is 12.2. The topological polar surface area (TPSA) is 63.4 Å². The molecule has 2 rings (SSSR count). The van der Waals surface area contributed by atoms with Crippen molar-refractivity contribution in [2.45, 2.75) is 24.7 Å². The van der Waals surface area contributed by atoms with Gasteiger partial charge < -0.3 is 5.73 Å². The number of hydrogen-bond acceptors (Lipinski definition) is 3. The summed E-state index contributed by atoms with van der Waals surface area (Å²) in [6, 6.07) is 4.85. The van der Waals surface area contributed by atoms with Crippen molar-refractivity contribution in [3.05, 3.63) is 23.8 Å². The lowest BCUT2D eigenvalue weighted by atomic mass is 10.2. The van der Waals surface area contributed by atoms with E-state index in [0.717, 1.165) is 18.4 Å². The molecule has 1 saturated carbocycles. The fourth-order valence-corrected chi connectivity index (χ4v) is 3.08. The Morgan fingerprint density at radius 2 is 2.06 bits per heavy atom. The van der Waals surface area contributed by atoms with E-state index < -0.39 is 10.0 Å². The summed E-state index contributed by atoms with van der Waals surface area (Å²) < 4.78 is 25.9. The number of nitrogens with two attached hydrogens (primary N) is 1. The fourth-order valence-electron chi connectivity index (χ4n) is 1.75. The lowest BCUT2D eigenvalue weighted by Crippen LogP contribution is -2.29. The van der Waals surface area contributed by atoms with Crippen LogP contribution in [0.25, 0.3) is 0 Å². The molecule has 0 saturated heterocycles. The van der Waals surface area contributed by atoms with Crippen LogP contribution < -0.4 is 5.73 Å². The zero-order valence-corrected chi connectivity index (χ0v) is 11.0. The Balaban J connectivity index is 2.26. The Labute approximate surface area is 102 Å². The lowest BCUT2D eigenvalue weighted by Gasteiger charge is -2.17. The molecular weight excluding hydrogens is 236 g/mol. The highest BCUT2D eigenvalue weighted by Crippen LogP contribution is 2.31. The largest absolute Gasteiger partial charge is 0.399 e. The van der Waals surface area contributed by atoms with E-state index in [1.165, 1.54) is 4.31 Å². The van der Waals surface area contributed by atoms with Gasteiger partial charge in [-0.25, -0.2) is 12.7 Å². The van der Waals surface area contributed by atoms with Crippen LogP contribution in [0.15, 0.2) is 23.1 Å². The Morgan fingerprint density at radius 3 is 2.59 bits per heavy atom. The Kier molecular flexibility index (Phi) is 3.14. The smallest absolute Gasteiger partial charge is 0.242 e. The third-order valence-corrected chi connectivity index (χ3v) is 4.98. The van der Waals surface area contributed by atoms with Crippen LogP contribution in [0.5, 0.6) is 0 Å². The normalized spacial score (nSPS) is 16.4. The monoisotopic (exact) mass is 254 g/mol. The van der Waals surface area contributed by atoms with E-state index in [9.17, 15) is 8.42 Å². The molecule has 1 aromatic carbocycles. The second kappa shape index (κ2) is 4.31. The number of benzene rings is 1. The summed E-state index contributed by atoms with van der Waals surface area (Å²) in [7, 11) is -1.72. The van der Waals surface area contributed by atoms with Gasteiger partial charge in [-0.1, -0.05) is 0 Å². The van der Waals surface area contributed by atoms with Crippen LogP contribution in [0.2, 0.25) is 0 Å². The molecule has 17 heavy (non-hydrogen) atoms. The van der Waals surface area contributed by atoms with Gasteiger partial charge in [0.25, 0.3) is 0 Å². The molecule has 4 nitrogen and oxygen atoms in total. The van der Waals surface area contributed by atoms with Crippen molar-refractivity contribution in [3.63, 3.8) is 0 Å². The molecule has 94 valence electrons. The van der Waals surface area contributed by atoms with Crippen LogP contribution in [0.3, 0.4) is 0 Å². The fraction of sp³-hybridized carbons (Fsp3) is 0.500. The van der Waals surface area contributed by atoms with Crippen LogP contribution in [0, 0.1) is 12.8 Å². The van der Waals surface area contributed by atoms with Crippen molar-refractivity contribution < 1.29 is 8.42 Å². The molecule has 0 bridgehead atoms. The predicted octanol–water partition coefficient (Wildman–Crippen LogP) is 1.61. The van der Waals surface area contributed by atoms with E-state index in [0.29, 0.717) is 23.0 Å². The van der Waals surface area contributed by atoms with Crippen molar-refractivity contribution >= 4 is 15.7 Å². The molecule has 0 atom stereocenters. The summed E-state index contributed by atoms with van der Waals surface area (Å²) in [5.74, 6) is 0.546. The minimum atomic E-state index is -3.36. The van der Waals surface area contributed by atoms with Crippen LogP contribution in [0.4, 0.5) is 5.69 Å². The van der Waals surface area contributed by atoms with E-state index in [1.807, 2.05) is 6.92 Å². The second-order valence-corrected chi connectivity index (χ2v) is 6.79. The summed E-state index contributed by atoms with van der Waals surface area (Å²) in [6.45, 7) is 2.43. The minimum Gasteiger partial charge on any atom is -0.399 e. The summed E-state index contributed by atoms with van der Waals surface area (Å²) in [5.41, 5.74) is 7.11. The number of hydrogen-bond donors (Lipinski definition) is 1. The Bertz CT molecular complexity index is 521. The molecule has 0 spiro atoms. The number of nitrogens with zero attached hydrogens (tertiary/aromatic N) is 1. The first-order valence-electron chi connectivity index (χ1n) is 5.73. The second-order valence-electron chi connectivity index (χ2n) is 4.75. The van der Waals surface area contributed by atoms with E-state index in [-0.39, 0.29) is 0 Å². The van der Waals surface area contributed by atoms with Gasteiger partial charge in [0.1, 0.15) is 0 Å². The van der Waals surface area contributed by atoms with Gasteiger partial charge in [-0.3, -0.25) is 0 Å². The lowest BCUT2D eigenvalue weighted by molar-refractivity contribution is 0.453. The highest BCUT2D eigenvalue weighted by molar-refractivity contribution is 7.89. The van der Waals surface area contributed by atoms with Crippen molar-refractivity contribution in [1.82, 2.24) is 4.31 Å². The molecular formula is C12H18N2O2S. The number of nitrogen functional groups attached to an aromatic ring is 1. The molecule has 0 aromatic heterocycles. The molecule has 1 aliphatic carbocycles. The Morgan fingerprint density at radius 1 is 1.41 bits per heavy atom. The molecule has 1 aromatic rings. The third kappa shape index (κ3) is 2.61. The molecule has 5 heteroatoms. The molecule has 2 N–H and O–H groups in total. The Hall–Kier alpha value is -1.07. The van der Waals surface area contributed by atoms with E-state index in [1.54, 1.807) is 25.2 Å². The molecule has 0 radical (unpaired) electrons. The maximum atomic E-state index is 12.2. The maximum Gasteiger partial charge on any atom is 0.242 e. The molecule has 0 amide bonds. The van der Waals surface area contributed by atoms with E-state index >= 15 is 0 Å². The van der Waals surface area contributed by atoms with Gasteiger partial charge in [0, 0.05) is 19.3 Å². The zero-order chi connectivity index (χ0) is 12.6. The summed E-state index contributed by atoms with van der Waals surface area (Å²) in [4.78, 5) is 0.326. The standard InChI is InChI=1S/C12H18N2O2S/c1-9-7-11(5-6-12(9)13)17(15,16)14(2)8-10-3-4-10/h5-7,10H,3-4,8,13H2,1-2H3. The highest BCUT2D eigenvalue weighted by atomic mass is 32.2. The van der Waals surface area contributed by atoms with Crippen LogP contribution in [0.1, 0.15) is 18.4 Å². The van der Waals surface area contributed by atoms with E-state index in [4.69, 9.17) is 5.73 Å². The van der Waals surface area contributed by atoms with Crippen molar-refractivity contribution in [1.29, 1.82) is 0 Å². The molecule has 0 aliphatic heterocycles. The third-order valence-electron chi connectivity index (χ3n) is 3.16.